The van der Waals surface area contributed by atoms with Gasteiger partial charge in [0, 0.05) is 20.2 Å². The highest BCUT2D eigenvalue weighted by Crippen LogP contribution is 2.45. The van der Waals surface area contributed by atoms with Gasteiger partial charge < -0.3 is 15.4 Å². The van der Waals surface area contributed by atoms with Crippen molar-refractivity contribution in [3.8, 4) is 0 Å². The maximum atomic E-state index is 12.1. The van der Waals surface area contributed by atoms with Gasteiger partial charge in [0.25, 0.3) is 0 Å². The minimum absolute atomic E-state index is 0.103. The predicted octanol–water partition coefficient (Wildman–Crippen LogP) is 0.139. The Morgan fingerprint density at radius 1 is 1.67 bits per heavy atom. The lowest BCUT2D eigenvalue weighted by Crippen LogP contribution is -2.44. The second-order valence-electron chi connectivity index (χ2n) is 4.62. The number of hydrogen-bond donors (Lipinski definition) is 2. The fourth-order valence-corrected chi connectivity index (χ4v) is 2.97. The maximum absolute atomic E-state index is 12.1. The highest BCUT2D eigenvalue weighted by molar-refractivity contribution is 5.84. The van der Waals surface area contributed by atoms with E-state index in [1.165, 1.54) is 12.8 Å². The van der Waals surface area contributed by atoms with Gasteiger partial charge in [-0.1, -0.05) is 6.42 Å². The summed E-state index contributed by atoms with van der Waals surface area (Å²) >= 11 is 0. The Morgan fingerprint density at radius 2 is 2.53 bits per heavy atom. The average molecular weight is 212 g/mol. The Balaban J connectivity index is 1.92. The zero-order chi connectivity index (χ0) is 10.7. The molecule has 2 rings (SSSR count). The van der Waals surface area contributed by atoms with Gasteiger partial charge >= 0.3 is 0 Å². The number of rotatable bonds is 4. The number of nitrogens with one attached hydrogen (secondary N) is 2. The van der Waals surface area contributed by atoms with Crippen molar-refractivity contribution >= 4 is 5.91 Å². The van der Waals surface area contributed by atoms with Crippen molar-refractivity contribution in [3.05, 3.63) is 0 Å². The summed E-state index contributed by atoms with van der Waals surface area (Å²) < 4.78 is 4.93. The molecule has 1 heterocycles. The van der Waals surface area contributed by atoms with Crippen LogP contribution in [-0.4, -0.2) is 39.3 Å². The predicted molar refractivity (Wildman–Crippen MR) is 57.5 cm³/mol. The third kappa shape index (κ3) is 1.88. The van der Waals surface area contributed by atoms with Crippen LogP contribution in [0.4, 0.5) is 0 Å². The number of carbonyl (C=O) groups excluding carboxylic acids is 1. The smallest absolute Gasteiger partial charge is 0.227 e. The molecule has 0 aromatic carbocycles. The van der Waals surface area contributed by atoms with E-state index in [1.807, 2.05) is 0 Å². The lowest BCUT2D eigenvalue weighted by molar-refractivity contribution is -0.131. The van der Waals surface area contributed by atoms with Crippen LogP contribution in [0.15, 0.2) is 0 Å². The maximum Gasteiger partial charge on any atom is 0.227 e. The van der Waals surface area contributed by atoms with Crippen molar-refractivity contribution in [3.63, 3.8) is 0 Å². The van der Waals surface area contributed by atoms with E-state index in [-0.39, 0.29) is 11.3 Å². The van der Waals surface area contributed by atoms with Gasteiger partial charge in [0.05, 0.1) is 12.0 Å². The zero-order valence-corrected chi connectivity index (χ0v) is 9.34. The molecule has 2 aliphatic rings. The summed E-state index contributed by atoms with van der Waals surface area (Å²) in [5, 5.41) is 6.33. The largest absolute Gasteiger partial charge is 0.383 e. The highest BCUT2D eigenvalue weighted by atomic mass is 16.5. The van der Waals surface area contributed by atoms with E-state index in [0.717, 1.165) is 19.5 Å². The molecule has 4 heteroatoms. The molecular formula is C11H20N2O2. The molecule has 1 amide bonds. The molecule has 86 valence electrons. The van der Waals surface area contributed by atoms with Crippen LogP contribution in [0.3, 0.4) is 0 Å². The SMILES string of the molecule is COCCNC(=O)[C@@]12CCC[C@@H]1CNC2. The van der Waals surface area contributed by atoms with Gasteiger partial charge in [-0.15, -0.1) is 0 Å². The first kappa shape index (κ1) is 10.9. The van der Waals surface area contributed by atoms with E-state index in [1.54, 1.807) is 7.11 Å². The van der Waals surface area contributed by atoms with Gasteiger partial charge in [-0.2, -0.15) is 0 Å². The van der Waals surface area contributed by atoms with Crippen LogP contribution in [0.5, 0.6) is 0 Å². The molecule has 0 aromatic rings. The van der Waals surface area contributed by atoms with E-state index in [2.05, 4.69) is 10.6 Å². The fraction of sp³-hybridized carbons (Fsp3) is 0.909. The Kier molecular flexibility index (Phi) is 3.26. The average Bonchev–Trinajstić information content (AvgIpc) is 2.76. The van der Waals surface area contributed by atoms with E-state index in [9.17, 15) is 4.79 Å². The quantitative estimate of drug-likeness (QED) is 0.652. The van der Waals surface area contributed by atoms with E-state index in [4.69, 9.17) is 4.74 Å². The first-order valence-electron chi connectivity index (χ1n) is 5.77. The topological polar surface area (TPSA) is 50.4 Å². The van der Waals surface area contributed by atoms with Crippen LogP contribution in [0, 0.1) is 11.3 Å². The molecule has 1 saturated heterocycles. The second kappa shape index (κ2) is 4.49. The van der Waals surface area contributed by atoms with E-state index in [0.29, 0.717) is 19.1 Å². The lowest BCUT2D eigenvalue weighted by Gasteiger charge is -2.26. The third-order valence-electron chi connectivity index (χ3n) is 3.83. The number of methoxy groups -OCH3 is 1. The van der Waals surface area contributed by atoms with Crippen LogP contribution >= 0.6 is 0 Å². The van der Waals surface area contributed by atoms with Crippen LogP contribution in [0.25, 0.3) is 0 Å². The van der Waals surface area contributed by atoms with Crippen molar-refractivity contribution in [2.24, 2.45) is 11.3 Å². The van der Waals surface area contributed by atoms with Crippen LogP contribution in [0.1, 0.15) is 19.3 Å². The molecule has 0 aromatic heterocycles. The highest BCUT2D eigenvalue weighted by Gasteiger charge is 2.51. The number of fused-ring (bicyclic) bond motifs is 1. The zero-order valence-electron chi connectivity index (χ0n) is 9.34. The minimum atomic E-state index is -0.103. The van der Waals surface area contributed by atoms with Crippen molar-refractivity contribution in [1.29, 1.82) is 0 Å². The summed E-state index contributed by atoms with van der Waals surface area (Å²) in [6.07, 6.45) is 3.44. The van der Waals surface area contributed by atoms with Crippen molar-refractivity contribution in [1.82, 2.24) is 10.6 Å². The summed E-state index contributed by atoms with van der Waals surface area (Å²) in [5.74, 6) is 0.784. The monoisotopic (exact) mass is 212 g/mol. The summed E-state index contributed by atoms with van der Waals surface area (Å²) in [5.41, 5.74) is -0.103. The van der Waals surface area contributed by atoms with Gasteiger partial charge in [-0.25, -0.2) is 0 Å². The molecule has 15 heavy (non-hydrogen) atoms. The molecule has 2 N–H and O–H groups in total. The normalized spacial score (nSPS) is 34.1. The Labute approximate surface area is 90.8 Å². The first-order chi connectivity index (χ1) is 7.29. The fourth-order valence-electron chi connectivity index (χ4n) is 2.97. The number of amides is 1. The summed E-state index contributed by atoms with van der Waals surface area (Å²) in [4.78, 5) is 12.1. The third-order valence-corrected chi connectivity index (χ3v) is 3.83. The van der Waals surface area contributed by atoms with Gasteiger partial charge in [-0.3, -0.25) is 4.79 Å². The molecule has 1 aliphatic carbocycles. The molecule has 0 unspecified atom stereocenters. The minimum Gasteiger partial charge on any atom is -0.383 e. The lowest BCUT2D eigenvalue weighted by atomic mass is 9.80. The van der Waals surface area contributed by atoms with Crippen molar-refractivity contribution < 1.29 is 9.53 Å². The summed E-state index contributed by atoms with van der Waals surface area (Å²) in [6.45, 7) is 3.10. The molecule has 0 bridgehead atoms. The second-order valence-corrected chi connectivity index (χ2v) is 4.62. The van der Waals surface area contributed by atoms with Crippen LogP contribution < -0.4 is 10.6 Å². The molecule has 2 atom stereocenters. The standard InChI is InChI=1S/C11H20N2O2/c1-15-6-5-13-10(14)11-4-2-3-9(11)7-12-8-11/h9,12H,2-8H2,1H3,(H,13,14)/t9-,11-/m1/s1. The number of hydrogen-bond acceptors (Lipinski definition) is 3. The molecule has 0 spiro atoms. The van der Waals surface area contributed by atoms with E-state index >= 15 is 0 Å². The molecule has 0 radical (unpaired) electrons. The molecule has 1 saturated carbocycles. The number of carbonyl (C=O) groups is 1. The Morgan fingerprint density at radius 3 is 3.33 bits per heavy atom. The van der Waals surface area contributed by atoms with Crippen LogP contribution in [-0.2, 0) is 9.53 Å². The molecular weight excluding hydrogens is 192 g/mol. The Hall–Kier alpha value is -0.610. The van der Waals surface area contributed by atoms with Crippen LogP contribution in [0.2, 0.25) is 0 Å². The van der Waals surface area contributed by atoms with Gasteiger partial charge in [0.15, 0.2) is 0 Å². The van der Waals surface area contributed by atoms with Crippen molar-refractivity contribution in [2.45, 2.75) is 19.3 Å². The summed E-state index contributed by atoms with van der Waals surface area (Å²) in [6, 6.07) is 0. The number of ether oxygens (including phenoxy) is 1. The van der Waals surface area contributed by atoms with Gasteiger partial charge in [0.1, 0.15) is 0 Å². The molecule has 1 aliphatic heterocycles. The molecule has 4 nitrogen and oxygen atoms in total. The Bertz CT molecular complexity index is 233. The molecule has 2 fully saturated rings. The van der Waals surface area contributed by atoms with E-state index < -0.39 is 0 Å². The summed E-state index contributed by atoms with van der Waals surface area (Å²) in [7, 11) is 1.65. The van der Waals surface area contributed by atoms with Gasteiger partial charge in [-0.05, 0) is 25.3 Å². The van der Waals surface area contributed by atoms with Gasteiger partial charge in [0.2, 0.25) is 5.91 Å². The van der Waals surface area contributed by atoms with Crippen molar-refractivity contribution in [2.75, 3.05) is 33.4 Å². The first-order valence-corrected chi connectivity index (χ1v) is 5.77.